The first-order valence-electron chi connectivity index (χ1n) is 5.60. The van der Waals surface area contributed by atoms with Crippen LogP contribution in [0.4, 0.5) is 0 Å². The van der Waals surface area contributed by atoms with Crippen molar-refractivity contribution in [3.63, 3.8) is 0 Å². The Morgan fingerprint density at radius 3 is 2.50 bits per heavy atom. The Labute approximate surface area is 104 Å². The summed E-state index contributed by atoms with van der Waals surface area (Å²) < 4.78 is 10.1. The van der Waals surface area contributed by atoms with Gasteiger partial charge >= 0.3 is 0 Å². The number of allylic oxidation sites excluding steroid dienone is 1. The minimum atomic E-state index is -1.48. The number of aliphatic hydroxyl groups is 4. The second kappa shape index (κ2) is 6.68. The van der Waals surface area contributed by atoms with Crippen LogP contribution in [0.3, 0.4) is 0 Å². The van der Waals surface area contributed by atoms with Crippen LogP contribution in [0.2, 0.25) is 0 Å². The molecule has 0 aromatic heterocycles. The zero-order chi connectivity index (χ0) is 13.7. The molecule has 1 fully saturated rings. The summed E-state index contributed by atoms with van der Waals surface area (Å²) >= 11 is 0. The molecule has 1 heterocycles. The summed E-state index contributed by atoms with van der Waals surface area (Å²) in [5, 5.41) is 46.3. The topological polar surface area (TPSA) is 123 Å². The molecule has 0 radical (unpaired) electrons. The maximum Gasteiger partial charge on any atom is 0.228 e. The zero-order valence-corrected chi connectivity index (χ0v) is 9.93. The van der Waals surface area contributed by atoms with Gasteiger partial charge in [0.1, 0.15) is 30.7 Å². The average Bonchev–Trinajstić information content (AvgIpc) is 2.39. The van der Waals surface area contributed by atoms with Gasteiger partial charge in [0.2, 0.25) is 6.29 Å². The summed E-state index contributed by atoms with van der Waals surface area (Å²) in [6.45, 7) is 1.24. The number of nitriles is 1. The fourth-order valence-electron chi connectivity index (χ4n) is 1.52. The van der Waals surface area contributed by atoms with Gasteiger partial charge in [-0.1, -0.05) is 6.92 Å². The van der Waals surface area contributed by atoms with E-state index in [1.54, 1.807) is 6.92 Å². The van der Waals surface area contributed by atoms with Crippen molar-refractivity contribution in [3.8, 4) is 6.07 Å². The third-order valence-electron chi connectivity index (χ3n) is 2.72. The standard InChI is InChI=1S/C11H17NO6/c1-2-6(3-12)5-17-11-10(16)9(15)8(14)7(4-13)18-11/h5,7-11,13-16H,2,4H2,1H3. The van der Waals surface area contributed by atoms with Crippen LogP contribution in [-0.4, -0.2) is 57.7 Å². The first-order valence-corrected chi connectivity index (χ1v) is 5.60. The van der Waals surface area contributed by atoms with E-state index in [4.69, 9.17) is 19.8 Å². The van der Waals surface area contributed by atoms with Crippen molar-refractivity contribution in [1.29, 1.82) is 5.26 Å². The van der Waals surface area contributed by atoms with E-state index in [2.05, 4.69) is 0 Å². The van der Waals surface area contributed by atoms with Crippen LogP contribution in [0, 0.1) is 11.3 Å². The number of ether oxygens (including phenoxy) is 2. The molecular weight excluding hydrogens is 242 g/mol. The SMILES string of the molecule is CCC(C#N)=COC1OC(CO)C(O)C(O)C1O. The van der Waals surface area contributed by atoms with Crippen molar-refractivity contribution in [2.45, 2.75) is 44.1 Å². The number of rotatable bonds is 4. The molecule has 7 nitrogen and oxygen atoms in total. The lowest BCUT2D eigenvalue weighted by Crippen LogP contribution is -2.58. The predicted molar refractivity (Wildman–Crippen MR) is 58.8 cm³/mol. The van der Waals surface area contributed by atoms with E-state index in [-0.39, 0.29) is 0 Å². The third kappa shape index (κ3) is 3.19. The minimum Gasteiger partial charge on any atom is -0.469 e. The van der Waals surface area contributed by atoms with Gasteiger partial charge in [-0.2, -0.15) is 5.26 Å². The largest absolute Gasteiger partial charge is 0.469 e. The molecular formula is C11H17NO6. The lowest BCUT2D eigenvalue weighted by molar-refractivity contribution is -0.288. The van der Waals surface area contributed by atoms with Crippen molar-refractivity contribution in [1.82, 2.24) is 0 Å². The van der Waals surface area contributed by atoms with Crippen LogP contribution in [-0.2, 0) is 9.47 Å². The van der Waals surface area contributed by atoms with Gasteiger partial charge in [0.15, 0.2) is 0 Å². The van der Waals surface area contributed by atoms with Crippen LogP contribution in [0.15, 0.2) is 11.8 Å². The Balaban J connectivity index is 2.71. The molecule has 1 aliphatic rings. The first kappa shape index (κ1) is 14.9. The Morgan fingerprint density at radius 1 is 1.33 bits per heavy atom. The Morgan fingerprint density at radius 2 is 2.00 bits per heavy atom. The molecule has 0 aromatic rings. The van der Waals surface area contributed by atoms with E-state index in [1.165, 1.54) is 0 Å². The molecule has 0 amide bonds. The highest BCUT2D eigenvalue weighted by molar-refractivity contribution is 5.17. The first-order chi connectivity index (χ1) is 8.54. The van der Waals surface area contributed by atoms with E-state index < -0.39 is 37.3 Å². The third-order valence-corrected chi connectivity index (χ3v) is 2.72. The van der Waals surface area contributed by atoms with Crippen molar-refractivity contribution < 1.29 is 29.9 Å². The van der Waals surface area contributed by atoms with Gasteiger partial charge in [-0.05, 0) is 6.42 Å². The molecule has 102 valence electrons. The van der Waals surface area contributed by atoms with Crippen molar-refractivity contribution in [3.05, 3.63) is 11.8 Å². The highest BCUT2D eigenvalue weighted by atomic mass is 16.7. The number of nitrogens with zero attached hydrogens (tertiary/aromatic N) is 1. The van der Waals surface area contributed by atoms with E-state index in [0.29, 0.717) is 12.0 Å². The van der Waals surface area contributed by atoms with Gasteiger partial charge in [-0.25, -0.2) is 0 Å². The van der Waals surface area contributed by atoms with Gasteiger partial charge < -0.3 is 29.9 Å². The summed E-state index contributed by atoms with van der Waals surface area (Å²) in [6, 6.07) is 1.89. The normalized spacial score (nSPS) is 37.1. The van der Waals surface area contributed by atoms with Crippen molar-refractivity contribution >= 4 is 0 Å². The molecule has 5 unspecified atom stereocenters. The van der Waals surface area contributed by atoms with Gasteiger partial charge in [-0.15, -0.1) is 0 Å². The van der Waals surface area contributed by atoms with Gasteiger partial charge in [0, 0.05) is 0 Å². The predicted octanol–water partition coefficient (Wildman–Crippen LogP) is -1.38. The van der Waals surface area contributed by atoms with Crippen LogP contribution in [0.5, 0.6) is 0 Å². The van der Waals surface area contributed by atoms with Crippen LogP contribution in [0.25, 0.3) is 0 Å². The van der Waals surface area contributed by atoms with Gasteiger partial charge in [0.25, 0.3) is 0 Å². The summed E-state index contributed by atoms with van der Waals surface area (Å²) in [5.41, 5.74) is 0.340. The van der Waals surface area contributed by atoms with Crippen LogP contribution >= 0.6 is 0 Å². The number of hydrogen-bond donors (Lipinski definition) is 4. The van der Waals surface area contributed by atoms with Crippen molar-refractivity contribution in [2.24, 2.45) is 0 Å². The fourth-order valence-corrected chi connectivity index (χ4v) is 1.52. The summed E-state index contributed by atoms with van der Waals surface area (Å²) in [5.74, 6) is 0. The van der Waals surface area contributed by atoms with Gasteiger partial charge in [-0.3, -0.25) is 0 Å². The van der Waals surface area contributed by atoms with E-state index in [9.17, 15) is 15.3 Å². The van der Waals surface area contributed by atoms with Gasteiger partial charge in [0.05, 0.1) is 18.2 Å². The quantitative estimate of drug-likeness (QED) is 0.362. The highest BCUT2D eigenvalue weighted by Crippen LogP contribution is 2.22. The second-order valence-corrected chi connectivity index (χ2v) is 3.94. The molecule has 18 heavy (non-hydrogen) atoms. The van der Waals surface area contributed by atoms with Crippen LogP contribution in [0.1, 0.15) is 13.3 Å². The molecule has 0 aromatic carbocycles. The molecule has 0 aliphatic carbocycles. The highest BCUT2D eigenvalue weighted by Gasteiger charge is 2.44. The molecule has 1 aliphatic heterocycles. The average molecular weight is 259 g/mol. The zero-order valence-electron chi connectivity index (χ0n) is 9.93. The summed E-state index contributed by atoms with van der Waals surface area (Å²) in [7, 11) is 0. The summed E-state index contributed by atoms with van der Waals surface area (Å²) in [4.78, 5) is 0. The van der Waals surface area contributed by atoms with Crippen LogP contribution < -0.4 is 0 Å². The smallest absolute Gasteiger partial charge is 0.228 e. The van der Waals surface area contributed by atoms with Crippen molar-refractivity contribution in [2.75, 3.05) is 6.61 Å². The van der Waals surface area contributed by atoms with E-state index in [0.717, 1.165) is 6.26 Å². The molecule has 7 heteroatoms. The molecule has 0 saturated carbocycles. The molecule has 1 rings (SSSR count). The molecule has 4 N–H and O–H groups in total. The maximum atomic E-state index is 9.63. The molecule has 1 saturated heterocycles. The Kier molecular flexibility index (Phi) is 5.53. The fraction of sp³-hybridized carbons (Fsp3) is 0.727. The summed E-state index contributed by atoms with van der Waals surface area (Å²) in [6.07, 6.45) is -5.04. The Bertz CT molecular complexity index is 337. The molecule has 0 spiro atoms. The maximum absolute atomic E-state index is 9.63. The Hall–Kier alpha value is -1.17. The van der Waals surface area contributed by atoms with E-state index >= 15 is 0 Å². The number of hydrogen-bond acceptors (Lipinski definition) is 7. The van der Waals surface area contributed by atoms with E-state index in [1.807, 2.05) is 6.07 Å². The second-order valence-electron chi connectivity index (χ2n) is 3.94. The minimum absolute atomic E-state index is 0.340. The monoisotopic (exact) mass is 259 g/mol. The molecule has 5 atom stereocenters. The lowest BCUT2D eigenvalue weighted by atomic mass is 9.99. The molecule has 0 bridgehead atoms. The number of aliphatic hydroxyl groups excluding tert-OH is 4. The lowest BCUT2D eigenvalue weighted by Gasteiger charge is -2.39.